The lowest BCUT2D eigenvalue weighted by molar-refractivity contribution is -0.141. The van der Waals surface area contributed by atoms with Crippen LogP contribution < -0.4 is 0 Å². The summed E-state index contributed by atoms with van der Waals surface area (Å²) in [6.07, 6.45) is 2.03. The summed E-state index contributed by atoms with van der Waals surface area (Å²) in [5.74, 6) is 1.05. The summed E-state index contributed by atoms with van der Waals surface area (Å²) < 4.78 is 0. The fraction of sp³-hybridized carbons (Fsp3) is 0.429. The highest BCUT2D eigenvalue weighted by Crippen LogP contribution is 2.20. The summed E-state index contributed by atoms with van der Waals surface area (Å²) in [6, 6.07) is 6.71. The van der Waals surface area contributed by atoms with Crippen LogP contribution in [0.5, 0.6) is 0 Å². The van der Waals surface area contributed by atoms with E-state index in [1.165, 1.54) is 4.90 Å². The molecule has 0 aliphatic carbocycles. The highest BCUT2D eigenvalue weighted by molar-refractivity contribution is 7.99. The van der Waals surface area contributed by atoms with E-state index in [-0.39, 0.29) is 5.91 Å². The van der Waals surface area contributed by atoms with Crippen molar-refractivity contribution in [1.82, 2.24) is 4.90 Å². The van der Waals surface area contributed by atoms with E-state index < -0.39 is 12.0 Å². The Morgan fingerprint density at radius 2 is 2.10 bits per heavy atom. The summed E-state index contributed by atoms with van der Waals surface area (Å²) >= 11 is 3.30. The fourth-order valence-electron chi connectivity index (χ4n) is 2.13. The molecule has 1 aromatic carbocycles. The molecule has 0 bridgehead atoms. The van der Waals surface area contributed by atoms with Crippen molar-refractivity contribution in [3.05, 3.63) is 35.4 Å². The van der Waals surface area contributed by atoms with Crippen LogP contribution >= 0.6 is 23.5 Å². The van der Waals surface area contributed by atoms with Crippen molar-refractivity contribution in [1.29, 1.82) is 0 Å². The van der Waals surface area contributed by atoms with E-state index in [0.717, 1.165) is 17.1 Å². The Bertz CT molecular complexity index is 490. The van der Waals surface area contributed by atoms with E-state index >= 15 is 0 Å². The van der Waals surface area contributed by atoms with Gasteiger partial charge in [0, 0.05) is 29.4 Å². The number of hydrogen-bond donors (Lipinski definition) is 1. The molecule has 1 N–H and O–H groups in total. The van der Waals surface area contributed by atoms with Crippen LogP contribution in [0.2, 0.25) is 0 Å². The monoisotopic (exact) mass is 311 g/mol. The summed E-state index contributed by atoms with van der Waals surface area (Å²) in [5, 5.41) is 9.21. The maximum Gasteiger partial charge on any atom is 0.327 e. The Hall–Kier alpha value is -1.14. The Labute approximate surface area is 126 Å². The van der Waals surface area contributed by atoms with Gasteiger partial charge in [-0.25, -0.2) is 4.79 Å². The van der Waals surface area contributed by atoms with Gasteiger partial charge >= 0.3 is 5.97 Å². The zero-order valence-corrected chi connectivity index (χ0v) is 12.9. The molecule has 0 radical (unpaired) electrons. The van der Waals surface area contributed by atoms with Crippen molar-refractivity contribution in [3.63, 3.8) is 0 Å². The lowest BCUT2D eigenvalue weighted by Gasteiger charge is -2.32. The molecule has 1 aliphatic heterocycles. The second-order valence-electron chi connectivity index (χ2n) is 4.56. The maximum absolute atomic E-state index is 12.4. The second-order valence-corrected chi connectivity index (χ2v) is 6.57. The van der Waals surface area contributed by atoms with E-state index in [2.05, 4.69) is 0 Å². The molecule has 1 aliphatic rings. The summed E-state index contributed by atoms with van der Waals surface area (Å²) in [4.78, 5) is 25.1. The largest absolute Gasteiger partial charge is 0.480 e. The number of nitrogens with zero attached hydrogens (tertiary/aromatic N) is 1. The third kappa shape index (κ3) is 3.49. The van der Waals surface area contributed by atoms with E-state index in [0.29, 0.717) is 17.9 Å². The molecule has 0 spiro atoms. The van der Waals surface area contributed by atoms with Gasteiger partial charge in [0.1, 0.15) is 6.04 Å². The molecule has 1 heterocycles. The molecule has 6 heteroatoms. The third-order valence-electron chi connectivity index (χ3n) is 3.19. The van der Waals surface area contributed by atoms with E-state index in [1.54, 1.807) is 35.7 Å². The van der Waals surface area contributed by atoms with Gasteiger partial charge in [0.05, 0.1) is 0 Å². The van der Waals surface area contributed by atoms with Gasteiger partial charge in [0.25, 0.3) is 5.91 Å². The van der Waals surface area contributed by atoms with Crippen LogP contribution in [0, 0.1) is 0 Å². The molecule has 108 valence electrons. The molecule has 4 nitrogen and oxygen atoms in total. The van der Waals surface area contributed by atoms with E-state index in [1.807, 2.05) is 18.4 Å². The molecule has 1 fully saturated rings. The van der Waals surface area contributed by atoms with Crippen molar-refractivity contribution >= 4 is 35.4 Å². The summed E-state index contributed by atoms with van der Waals surface area (Å²) in [5.41, 5.74) is 1.73. The number of benzene rings is 1. The van der Waals surface area contributed by atoms with Crippen molar-refractivity contribution in [3.8, 4) is 0 Å². The van der Waals surface area contributed by atoms with Crippen LogP contribution in [0.4, 0.5) is 0 Å². The standard InChI is InChI=1S/C14H17NO3S2/c1-19-8-10-2-4-11(5-3-10)13(16)15-6-7-20-9-12(15)14(17)18/h2-5,12H,6-9H2,1H3,(H,17,18). The zero-order valence-electron chi connectivity index (χ0n) is 11.2. The number of thioether (sulfide) groups is 2. The number of amides is 1. The Morgan fingerprint density at radius 1 is 1.40 bits per heavy atom. The van der Waals surface area contributed by atoms with Gasteiger partial charge in [-0.15, -0.1) is 0 Å². The van der Waals surface area contributed by atoms with Crippen LogP contribution in [0.15, 0.2) is 24.3 Å². The molecule has 1 aromatic rings. The molecular formula is C14H17NO3S2. The highest BCUT2D eigenvalue weighted by Gasteiger charge is 2.32. The Kier molecular flexibility index (Phi) is 5.37. The quantitative estimate of drug-likeness (QED) is 0.924. The Morgan fingerprint density at radius 3 is 2.70 bits per heavy atom. The van der Waals surface area contributed by atoms with Gasteiger partial charge in [-0.2, -0.15) is 23.5 Å². The number of rotatable bonds is 4. The number of carboxylic acid groups (broad SMARTS) is 1. The second kappa shape index (κ2) is 7.04. The van der Waals surface area contributed by atoms with E-state index in [4.69, 9.17) is 0 Å². The first kappa shape index (κ1) is 15.3. The molecule has 2 rings (SSSR count). The predicted octanol–water partition coefficient (Wildman–Crippen LogP) is 2.19. The molecule has 1 atom stereocenters. The van der Waals surface area contributed by atoms with Crippen LogP contribution in [0.1, 0.15) is 15.9 Å². The van der Waals surface area contributed by atoms with Crippen molar-refractivity contribution in [2.24, 2.45) is 0 Å². The summed E-state index contributed by atoms with van der Waals surface area (Å²) in [7, 11) is 0. The molecule has 20 heavy (non-hydrogen) atoms. The van der Waals surface area contributed by atoms with Crippen molar-refractivity contribution in [2.75, 3.05) is 24.3 Å². The van der Waals surface area contributed by atoms with Crippen LogP contribution in [0.25, 0.3) is 0 Å². The number of carbonyl (C=O) groups is 2. The molecule has 0 saturated carbocycles. The van der Waals surface area contributed by atoms with Crippen LogP contribution in [0.3, 0.4) is 0 Å². The minimum absolute atomic E-state index is 0.187. The lowest BCUT2D eigenvalue weighted by atomic mass is 10.1. The number of carboxylic acids is 1. The first-order valence-electron chi connectivity index (χ1n) is 6.33. The van der Waals surface area contributed by atoms with Gasteiger partial charge < -0.3 is 10.0 Å². The first-order valence-corrected chi connectivity index (χ1v) is 8.87. The maximum atomic E-state index is 12.4. The van der Waals surface area contributed by atoms with Gasteiger partial charge in [-0.1, -0.05) is 12.1 Å². The minimum atomic E-state index is -0.926. The Balaban J connectivity index is 2.14. The molecule has 1 saturated heterocycles. The van der Waals surface area contributed by atoms with Gasteiger partial charge in [0.2, 0.25) is 0 Å². The molecule has 1 unspecified atom stereocenters. The van der Waals surface area contributed by atoms with Crippen LogP contribution in [-0.2, 0) is 10.5 Å². The SMILES string of the molecule is CSCc1ccc(C(=O)N2CCSCC2C(=O)O)cc1. The van der Waals surface area contributed by atoms with Gasteiger partial charge in [-0.3, -0.25) is 4.79 Å². The highest BCUT2D eigenvalue weighted by atomic mass is 32.2. The number of aliphatic carboxylic acids is 1. The fourth-order valence-corrected chi connectivity index (χ4v) is 3.69. The smallest absolute Gasteiger partial charge is 0.327 e. The van der Waals surface area contributed by atoms with Gasteiger partial charge in [0.15, 0.2) is 0 Å². The molecule has 0 aromatic heterocycles. The first-order chi connectivity index (χ1) is 9.63. The number of carbonyl (C=O) groups excluding carboxylic acids is 1. The predicted molar refractivity (Wildman–Crippen MR) is 83.4 cm³/mol. The molecule has 1 amide bonds. The zero-order chi connectivity index (χ0) is 14.5. The average Bonchev–Trinajstić information content (AvgIpc) is 2.47. The van der Waals surface area contributed by atoms with Crippen molar-refractivity contribution < 1.29 is 14.7 Å². The minimum Gasteiger partial charge on any atom is -0.480 e. The topological polar surface area (TPSA) is 57.6 Å². The average molecular weight is 311 g/mol. The lowest BCUT2D eigenvalue weighted by Crippen LogP contribution is -2.50. The van der Waals surface area contributed by atoms with Crippen molar-refractivity contribution in [2.45, 2.75) is 11.8 Å². The van der Waals surface area contributed by atoms with Gasteiger partial charge in [-0.05, 0) is 24.0 Å². The normalized spacial score (nSPS) is 18.9. The summed E-state index contributed by atoms with van der Waals surface area (Å²) in [6.45, 7) is 0.493. The third-order valence-corrected chi connectivity index (χ3v) is 4.83. The van der Waals surface area contributed by atoms with Crippen LogP contribution in [-0.4, -0.2) is 52.2 Å². The van der Waals surface area contributed by atoms with E-state index in [9.17, 15) is 14.7 Å². The number of hydrogen-bond acceptors (Lipinski definition) is 4. The molecular weight excluding hydrogens is 294 g/mol.